The number of hydrogen-bond donors (Lipinski definition) is 0. The first-order valence-corrected chi connectivity index (χ1v) is 6.23. The maximum Gasteiger partial charge on any atom is 0.252 e. The maximum absolute atomic E-state index is 13.8. The molecule has 1 aromatic carbocycles. The zero-order valence-corrected chi connectivity index (χ0v) is 11.2. The molecule has 0 bridgehead atoms. The minimum absolute atomic E-state index is 0.162. The monoisotopic (exact) mass is 269 g/mol. The van der Waals surface area contributed by atoms with Gasteiger partial charge in [-0.05, 0) is 6.07 Å². The van der Waals surface area contributed by atoms with E-state index in [0.717, 1.165) is 6.07 Å². The normalized spacial score (nSPS) is 19.8. The van der Waals surface area contributed by atoms with Crippen LogP contribution in [0.2, 0.25) is 0 Å². The first kappa shape index (κ1) is 13.9. The minimum atomic E-state index is -0.912. The highest BCUT2D eigenvalue weighted by Crippen LogP contribution is 2.35. The first-order chi connectivity index (χ1) is 8.82. The average molecular weight is 269 g/mol. The summed E-state index contributed by atoms with van der Waals surface area (Å²) in [5.74, 6) is -2.06. The Morgan fingerprint density at radius 3 is 2.68 bits per heavy atom. The van der Waals surface area contributed by atoms with Crippen molar-refractivity contribution in [3.8, 4) is 0 Å². The summed E-state index contributed by atoms with van der Waals surface area (Å²) < 4.78 is 27.1. The summed E-state index contributed by atoms with van der Waals surface area (Å²) in [4.78, 5) is 17.5. The van der Waals surface area contributed by atoms with E-state index in [2.05, 4.69) is 0 Å². The largest absolute Gasteiger partial charge is 0.272 e. The van der Waals surface area contributed by atoms with E-state index >= 15 is 0 Å². The molecule has 0 unspecified atom stereocenters. The summed E-state index contributed by atoms with van der Waals surface area (Å²) in [6.45, 7) is 5.60. The van der Waals surface area contributed by atoms with E-state index in [9.17, 15) is 13.6 Å². The van der Waals surface area contributed by atoms with Crippen LogP contribution in [0.25, 0.3) is 0 Å². The molecule has 1 atom stereocenters. The first-order valence-electron chi connectivity index (χ1n) is 6.23. The van der Waals surface area contributed by atoms with E-state index in [4.69, 9.17) is 4.84 Å². The van der Waals surface area contributed by atoms with Crippen molar-refractivity contribution in [2.75, 3.05) is 6.61 Å². The van der Waals surface area contributed by atoms with Crippen LogP contribution < -0.4 is 0 Å². The highest BCUT2D eigenvalue weighted by atomic mass is 19.2. The van der Waals surface area contributed by atoms with Gasteiger partial charge in [-0.15, -0.1) is 0 Å². The van der Waals surface area contributed by atoms with Gasteiger partial charge in [-0.25, -0.2) is 13.8 Å². The fraction of sp³-hybridized carbons (Fsp3) is 0.500. The molecule has 0 spiro atoms. The fourth-order valence-corrected chi connectivity index (χ4v) is 2.06. The quantitative estimate of drug-likeness (QED) is 0.783. The van der Waals surface area contributed by atoms with E-state index in [0.29, 0.717) is 13.0 Å². The number of nitrogens with zero attached hydrogens (tertiary/aromatic N) is 1. The summed E-state index contributed by atoms with van der Waals surface area (Å²) in [6.07, 6.45) is 0.461. The Morgan fingerprint density at radius 2 is 2.05 bits per heavy atom. The van der Waals surface area contributed by atoms with Crippen molar-refractivity contribution in [3.05, 3.63) is 35.4 Å². The molecule has 0 N–H and O–H groups in total. The lowest BCUT2D eigenvalue weighted by atomic mass is 9.94. The standard InChI is InChI=1S/C14H17F2NO2/c1-14(2,3)13(18)17-11(7-8-19-17)9-5-4-6-10(15)12(9)16/h4-6,11H,7-8H2,1-3H3/t11-/m1/s1. The summed E-state index contributed by atoms with van der Waals surface area (Å²) >= 11 is 0. The second-order valence-corrected chi connectivity index (χ2v) is 5.66. The molecule has 1 fully saturated rings. The average Bonchev–Trinajstić information content (AvgIpc) is 2.79. The number of rotatable bonds is 1. The SMILES string of the molecule is CC(C)(C)C(=O)N1OCC[C@@H]1c1cccc(F)c1F. The van der Waals surface area contributed by atoms with Gasteiger partial charge in [0.15, 0.2) is 11.6 Å². The molecular weight excluding hydrogens is 252 g/mol. The molecule has 0 aliphatic carbocycles. The van der Waals surface area contributed by atoms with Crippen LogP contribution in [0.15, 0.2) is 18.2 Å². The van der Waals surface area contributed by atoms with E-state index in [1.807, 2.05) is 0 Å². The van der Waals surface area contributed by atoms with Gasteiger partial charge in [0.2, 0.25) is 0 Å². The van der Waals surface area contributed by atoms with E-state index in [1.54, 1.807) is 20.8 Å². The molecule has 1 amide bonds. The van der Waals surface area contributed by atoms with Crippen molar-refractivity contribution in [3.63, 3.8) is 0 Å². The Bertz CT molecular complexity index is 497. The summed E-state index contributed by atoms with van der Waals surface area (Å²) in [5.41, 5.74) is -0.470. The molecule has 1 heterocycles. The lowest BCUT2D eigenvalue weighted by molar-refractivity contribution is -0.186. The number of halogens is 2. The minimum Gasteiger partial charge on any atom is -0.272 e. The highest BCUT2D eigenvalue weighted by molar-refractivity contribution is 5.81. The smallest absolute Gasteiger partial charge is 0.252 e. The molecule has 3 nitrogen and oxygen atoms in total. The lowest BCUT2D eigenvalue weighted by Gasteiger charge is -2.29. The molecule has 19 heavy (non-hydrogen) atoms. The molecule has 0 radical (unpaired) electrons. The van der Waals surface area contributed by atoms with Crippen LogP contribution in [0.4, 0.5) is 8.78 Å². The molecule has 5 heteroatoms. The highest BCUT2D eigenvalue weighted by Gasteiger charge is 2.38. The molecule has 104 valence electrons. The number of amides is 1. The van der Waals surface area contributed by atoms with E-state index in [1.165, 1.54) is 17.2 Å². The second-order valence-electron chi connectivity index (χ2n) is 5.66. The van der Waals surface area contributed by atoms with Gasteiger partial charge in [-0.3, -0.25) is 9.63 Å². The molecule has 1 saturated heterocycles. The summed E-state index contributed by atoms with van der Waals surface area (Å²) in [5, 5.41) is 1.18. The summed E-state index contributed by atoms with van der Waals surface area (Å²) in [7, 11) is 0. The van der Waals surface area contributed by atoms with Gasteiger partial charge < -0.3 is 0 Å². The van der Waals surface area contributed by atoms with Gasteiger partial charge in [0.25, 0.3) is 5.91 Å². The molecule has 2 rings (SSSR count). The van der Waals surface area contributed by atoms with Crippen molar-refractivity contribution < 1.29 is 18.4 Å². The molecule has 0 aromatic heterocycles. The Kier molecular flexibility index (Phi) is 3.58. The van der Waals surface area contributed by atoms with Crippen LogP contribution in [0, 0.1) is 17.0 Å². The number of hydrogen-bond acceptors (Lipinski definition) is 2. The number of hydroxylamine groups is 2. The van der Waals surface area contributed by atoms with Crippen molar-refractivity contribution in [2.45, 2.75) is 33.2 Å². The third-order valence-corrected chi connectivity index (χ3v) is 3.09. The van der Waals surface area contributed by atoms with Crippen LogP contribution in [0.5, 0.6) is 0 Å². The van der Waals surface area contributed by atoms with Crippen LogP contribution in [-0.2, 0) is 9.63 Å². The summed E-state index contributed by atoms with van der Waals surface area (Å²) in [6, 6.07) is 3.42. The fourth-order valence-electron chi connectivity index (χ4n) is 2.06. The zero-order valence-electron chi connectivity index (χ0n) is 11.2. The van der Waals surface area contributed by atoms with Gasteiger partial charge in [0.05, 0.1) is 12.6 Å². The van der Waals surface area contributed by atoms with Crippen molar-refractivity contribution in [1.82, 2.24) is 5.06 Å². The van der Waals surface area contributed by atoms with Crippen molar-refractivity contribution in [1.29, 1.82) is 0 Å². The van der Waals surface area contributed by atoms with Gasteiger partial charge >= 0.3 is 0 Å². The molecule has 1 aliphatic rings. The topological polar surface area (TPSA) is 29.5 Å². The van der Waals surface area contributed by atoms with Crippen molar-refractivity contribution >= 4 is 5.91 Å². The lowest BCUT2D eigenvalue weighted by Crippen LogP contribution is -2.38. The Hall–Kier alpha value is -1.49. The van der Waals surface area contributed by atoms with Gasteiger partial charge in [-0.1, -0.05) is 32.9 Å². The third-order valence-electron chi connectivity index (χ3n) is 3.09. The van der Waals surface area contributed by atoms with Gasteiger partial charge in [0, 0.05) is 17.4 Å². The number of carbonyl (C=O) groups is 1. The van der Waals surface area contributed by atoms with Crippen LogP contribution in [0.1, 0.15) is 38.8 Å². The Labute approximate surface area is 111 Å². The predicted octanol–water partition coefficient (Wildman–Crippen LogP) is 3.22. The number of carbonyl (C=O) groups excluding carboxylic acids is 1. The van der Waals surface area contributed by atoms with Crippen LogP contribution >= 0.6 is 0 Å². The van der Waals surface area contributed by atoms with Crippen molar-refractivity contribution in [2.24, 2.45) is 5.41 Å². The Morgan fingerprint density at radius 1 is 1.37 bits per heavy atom. The number of benzene rings is 1. The molecule has 0 saturated carbocycles. The molecule has 1 aliphatic heterocycles. The molecular formula is C14H17F2NO2. The van der Waals surface area contributed by atoms with E-state index < -0.39 is 23.1 Å². The zero-order chi connectivity index (χ0) is 14.2. The van der Waals surface area contributed by atoms with E-state index in [-0.39, 0.29) is 11.5 Å². The Balaban J connectivity index is 2.34. The predicted molar refractivity (Wildman–Crippen MR) is 66.0 cm³/mol. The second kappa shape index (κ2) is 4.89. The van der Waals surface area contributed by atoms with Gasteiger partial charge in [-0.2, -0.15) is 0 Å². The van der Waals surface area contributed by atoms with Gasteiger partial charge in [0.1, 0.15) is 0 Å². The van der Waals surface area contributed by atoms with Crippen LogP contribution in [-0.4, -0.2) is 17.6 Å². The molecule has 1 aromatic rings. The third kappa shape index (κ3) is 2.61. The van der Waals surface area contributed by atoms with Crippen LogP contribution in [0.3, 0.4) is 0 Å². The maximum atomic E-state index is 13.8.